The number of pyridine rings is 1. The summed E-state index contributed by atoms with van der Waals surface area (Å²) in [4.78, 5) is 0. The van der Waals surface area contributed by atoms with Crippen LogP contribution in [-0.4, -0.2) is 19.4 Å². The Labute approximate surface area is 98.9 Å². The molecule has 0 atom stereocenters. The minimum Gasteiger partial charge on any atom is -0.275 e. The maximum absolute atomic E-state index is 8.94. The Morgan fingerprint density at radius 2 is 2.18 bits per heavy atom. The van der Waals surface area contributed by atoms with Gasteiger partial charge in [0, 0.05) is 30.6 Å². The molecule has 0 spiro atoms. The molecule has 0 aromatic carbocycles. The number of nitrogens with zero attached hydrogens (tertiary/aromatic N) is 5. The zero-order valence-electron chi connectivity index (χ0n) is 10.1. The highest BCUT2D eigenvalue weighted by Crippen LogP contribution is 2.20. The van der Waals surface area contributed by atoms with Gasteiger partial charge in [-0.1, -0.05) is 6.07 Å². The van der Waals surface area contributed by atoms with Gasteiger partial charge in [-0.2, -0.15) is 15.5 Å². The van der Waals surface area contributed by atoms with E-state index in [0.29, 0.717) is 11.1 Å². The second kappa shape index (κ2) is 3.46. The molecule has 0 aliphatic carbocycles. The van der Waals surface area contributed by atoms with Crippen molar-refractivity contribution < 1.29 is 1.37 Å². The summed E-state index contributed by atoms with van der Waals surface area (Å²) in [5, 5.41) is 17.1. The fourth-order valence-electron chi connectivity index (χ4n) is 1.73. The van der Waals surface area contributed by atoms with Crippen LogP contribution in [0, 0.1) is 11.3 Å². The van der Waals surface area contributed by atoms with E-state index in [9.17, 15) is 0 Å². The molecule has 0 aliphatic rings. The highest BCUT2D eigenvalue weighted by Gasteiger charge is 2.05. The first kappa shape index (κ1) is 8.53. The first-order valence-electron chi connectivity index (χ1n) is 5.56. The molecule has 0 aliphatic heterocycles. The lowest BCUT2D eigenvalue weighted by Crippen LogP contribution is -1.88. The summed E-state index contributed by atoms with van der Waals surface area (Å²) in [6, 6.07) is 4.03. The molecule has 0 radical (unpaired) electrons. The van der Waals surface area contributed by atoms with E-state index in [-0.39, 0.29) is 6.04 Å². The number of rotatable bonds is 1. The van der Waals surface area contributed by atoms with Crippen LogP contribution in [-0.2, 0) is 7.05 Å². The second-order valence-electron chi connectivity index (χ2n) is 3.74. The van der Waals surface area contributed by atoms with Gasteiger partial charge in [-0.25, -0.2) is 4.52 Å². The van der Waals surface area contributed by atoms with Crippen LogP contribution >= 0.6 is 0 Å². The van der Waals surface area contributed by atoms with Crippen molar-refractivity contribution in [3.63, 3.8) is 0 Å². The van der Waals surface area contributed by atoms with Gasteiger partial charge in [0.2, 0.25) is 0 Å². The van der Waals surface area contributed by atoms with Crippen LogP contribution in [0.25, 0.3) is 16.6 Å². The van der Waals surface area contributed by atoms with Crippen LogP contribution in [0.3, 0.4) is 0 Å². The predicted molar refractivity (Wildman–Crippen MR) is 62.1 cm³/mol. The maximum Gasteiger partial charge on any atom is 0.103 e. The van der Waals surface area contributed by atoms with Gasteiger partial charge < -0.3 is 0 Å². The molecular formula is C12H9N5. The minimum absolute atomic E-state index is 0.283. The number of hydrogen-bond acceptors (Lipinski definition) is 3. The first-order valence-corrected chi connectivity index (χ1v) is 5.06. The average Bonchev–Trinajstić information content (AvgIpc) is 2.95. The van der Waals surface area contributed by atoms with E-state index >= 15 is 0 Å². The largest absolute Gasteiger partial charge is 0.275 e. The van der Waals surface area contributed by atoms with Crippen LogP contribution in [0.2, 0.25) is 0 Å². The molecule has 3 aromatic rings. The molecule has 3 heterocycles. The maximum atomic E-state index is 8.94. The van der Waals surface area contributed by atoms with Gasteiger partial charge in [0.05, 0.1) is 24.8 Å². The molecule has 0 amide bonds. The summed E-state index contributed by atoms with van der Waals surface area (Å²) in [6.07, 6.45) is 6.87. The Morgan fingerprint density at radius 3 is 2.88 bits per heavy atom. The Bertz CT molecular complexity index is 777. The Kier molecular flexibility index (Phi) is 1.73. The third-order valence-electron chi connectivity index (χ3n) is 2.58. The lowest BCUT2D eigenvalue weighted by molar-refractivity contribution is 0.768. The average molecular weight is 224 g/mol. The van der Waals surface area contributed by atoms with Crippen molar-refractivity contribution in [2.45, 2.75) is 0 Å². The van der Waals surface area contributed by atoms with Crippen LogP contribution in [0.1, 0.15) is 6.93 Å². The Hall–Kier alpha value is -2.61. The van der Waals surface area contributed by atoms with Crippen molar-refractivity contribution in [2.24, 2.45) is 7.05 Å². The molecule has 0 saturated heterocycles. The lowest BCUT2D eigenvalue weighted by atomic mass is 10.1. The van der Waals surface area contributed by atoms with Crippen molar-refractivity contribution in [2.75, 3.05) is 0 Å². The third kappa shape index (κ3) is 1.47. The van der Waals surface area contributed by atoms with Crippen molar-refractivity contribution in [3.05, 3.63) is 42.5 Å². The van der Waals surface area contributed by atoms with E-state index in [1.54, 1.807) is 27.7 Å². The van der Waals surface area contributed by atoms with E-state index in [1.165, 1.54) is 6.20 Å². The molecule has 0 saturated carbocycles. The second-order valence-corrected chi connectivity index (χ2v) is 3.74. The van der Waals surface area contributed by atoms with Gasteiger partial charge in [-0.3, -0.25) is 4.68 Å². The summed E-state index contributed by atoms with van der Waals surface area (Å²) < 4.78 is 11.2. The quantitative estimate of drug-likeness (QED) is 0.631. The molecule has 5 heteroatoms. The van der Waals surface area contributed by atoms with E-state index in [2.05, 4.69) is 10.2 Å². The van der Waals surface area contributed by atoms with E-state index < -0.39 is 0 Å². The van der Waals surface area contributed by atoms with Gasteiger partial charge in [0.25, 0.3) is 0 Å². The number of aromatic nitrogens is 4. The summed E-state index contributed by atoms with van der Waals surface area (Å²) in [6.45, 7) is 0. The summed E-state index contributed by atoms with van der Waals surface area (Å²) >= 11 is 0. The fraction of sp³-hybridized carbons (Fsp3) is 0.0833. The number of aryl methyl sites for hydroxylation is 1. The van der Waals surface area contributed by atoms with Crippen molar-refractivity contribution in [3.8, 4) is 17.2 Å². The van der Waals surface area contributed by atoms with Gasteiger partial charge >= 0.3 is 0 Å². The molecule has 3 aromatic heterocycles. The highest BCUT2D eigenvalue weighted by atomic mass is 15.2. The molecule has 0 unspecified atom stereocenters. The smallest absolute Gasteiger partial charge is 0.103 e. The molecular weight excluding hydrogens is 214 g/mol. The molecule has 3 rings (SSSR count). The fourth-order valence-corrected chi connectivity index (χ4v) is 1.73. The van der Waals surface area contributed by atoms with E-state index in [1.807, 2.05) is 19.3 Å². The Morgan fingerprint density at radius 1 is 1.29 bits per heavy atom. The molecule has 0 N–H and O–H groups in total. The van der Waals surface area contributed by atoms with Crippen LogP contribution in [0.15, 0.2) is 36.9 Å². The Balaban J connectivity index is 2.26. The van der Waals surface area contributed by atoms with Crippen molar-refractivity contribution in [1.82, 2.24) is 19.4 Å². The van der Waals surface area contributed by atoms with Crippen LogP contribution in [0.5, 0.6) is 0 Å². The lowest BCUT2D eigenvalue weighted by Gasteiger charge is -1.98. The summed E-state index contributed by atoms with van der Waals surface area (Å²) in [7, 11) is 1.84. The van der Waals surface area contributed by atoms with Gasteiger partial charge in [0.1, 0.15) is 6.07 Å². The molecule has 0 bridgehead atoms. The van der Waals surface area contributed by atoms with Crippen LogP contribution in [0.4, 0.5) is 0 Å². The zero-order chi connectivity index (χ0) is 12.7. The first-order chi connectivity index (χ1) is 8.69. The standard InChI is InChI=1S/C12H9N5/c1-16-7-11(6-14-16)9-2-3-12-10(4-13)5-15-17(12)8-9/h2-3,5-8H,1H3/i3D. The number of hydrogen-bond donors (Lipinski definition) is 0. The van der Waals surface area contributed by atoms with Crippen LogP contribution < -0.4 is 0 Å². The number of nitriles is 1. The van der Waals surface area contributed by atoms with Crippen molar-refractivity contribution >= 4 is 5.52 Å². The molecule has 5 nitrogen and oxygen atoms in total. The summed E-state index contributed by atoms with van der Waals surface area (Å²) in [5.41, 5.74) is 2.72. The predicted octanol–water partition coefficient (Wildman–Crippen LogP) is 1.61. The summed E-state index contributed by atoms with van der Waals surface area (Å²) in [5.74, 6) is 0. The topological polar surface area (TPSA) is 58.9 Å². The normalized spacial score (nSPS) is 11.4. The van der Waals surface area contributed by atoms with E-state index in [0.717, 1.165) is 11.1 Å². The molecule has 17 heavy (non-hydrogen) atoms. The van der Waals surface area contributed by atoms with E-state index in [4.69, 9.17) is 6.63 Å². The SMILES string of the molecule is [2H]c1cc(-c2cnn(C)c2)cn2ncc(C#N)c12. The van der Waals surface area contributed by atoms with Gasteiger partial charge in [-0.05, 0) is 6.04 Å². The number of fused-ring (bicyclic) bond motifs is 1. The van der Waals surface area contributed by atoms with Gasteiger partial charge in [0.15, 0.2) is 0 Å². The van der Waals surface area contributed by atoms with Gasteiger partial charge in [-0.15, -0.1) is 0 Å². The molecule has 0 fully saturated rings. The molecule has 82 valence electrons. The highest BCUT2D eigenvalue weighted by molar-refractivity contribution is 5.67. The monoisotopic (exact) mass is 224 g/mol. The van der Waals surface area contributed by atoms with Crippen molar-refractivity contribution in [1.29, 1.82) is 5.26 Å². The minimum atomic E-state index is 0.283. The third-order valence-corrected chi connectivity index (χ3v) is 2.58. The zero-order valence-corrected chi connectivity index (χ0v) is 9.12.